The van der Waals surface area contributed by atoms with Gasteiger partial charge in [0.1, 0.15) is 11.3 Å². The monoisotopic (exact) mass is 223 g/mol. The predicted molar refractivity (Wildman–Crippen MR) is 59.3 cm³/mol. The first-order valence-electron chi connectivity index (χ1n) is 4.70. The van der Waals surface area contributed by atoms with E-state index in [0.29, 0.717) is 0 Å². The molecule has 0 saturated heterocycles. The van der Waals surface area contributed by atoms with Gasteiger partial charge in [0, 0.05) is 12.2 Å². The number of nitrogens with one attached hydrogen (secondary N) is 1. The summed E-state index contributed by atoms with van der Waals surface area (Å²) in [6.45, 7) is 4.77. The van der Waals surface area contributed by atoms with Crippen molar-refractivity contribution < 1.29 is 0 Å². The van der Waals surface area contributed by atoms with E-state index in [4.69, 9.17) is 0 Å². The summed E-state index contributed by atoms with van der Waals surface area (Å²) in [7, 11) is 1.90. The normalized spacial score (nSPS) is 10.9. The molecule has 0 aliphatic rings. The molecule has 5 nitrogen and oxygen atoms in total. The fourth-order valence-corrected chi connectivity index (χ4v) is 2.13. The lowest BCUT2D eigenvalue weighted by molar-refractivity contribution is 0.791. The molecule has 0 spiro atoms. The van der Waals surface area contributed by atoms with Crippen LogP contribution in [0.2, 0.25) is 0 Å². The van der Waals surface area contributed by atoms with Gasteiger partial charge in [0.25, 0.3) is 0 Å². The molecule has 0 fully saturated rings. The van der Waals surface area contributed by atoms with Crippen LogP contribution >= 0.6 is 11.3 Å². The predicted octanol–water partition coefficient (Wildman–Crippen LogP) is 1.06. The first kappa shape index (κ1) is 10.3. The second-order valence-electron chi connectivity index (χ2n) is 3.29. The number of hydrogen-bond donors (Lipinski definition) is 1. The Morgan fingerprint density at radius 2 is 2.20 bits per heavy atom. The second kappa shape index (κ2) is 4.08. The fourth-order valence-electron chi connectivity index (χ4n) is 1.26. The van der Waals surface area contributed by atoms with Crippen molar-refractivity contribution in [3.8, 4) is 5.13 Å². The third-order valence-electron chi connectivity index (χ3n) is 2.24. The molecule has 0 amide bonds. The van der Waals surface area contributed by atoms with E-state index < -0.39 is 0 Å². The lowest BCUT2D eigenvalue weighted by Gasteiger charge is -1.97. The molecule has 0 unspecified atom stereocenters. The largest absolute Gasteiger partial charge is 0.313 e. The SMILES string of the molecule is CNCc1nnc(-n2cnc(C)c2C)s1. The van der Waals surface area contributed by atoms with Crippen molar-refractivity contribution in [3.63, 3.8) is 0 Å². The minimum absolute atomic E-state index is 0.754. The van der Waals surface area contributed by atoms with E-state index in [1.54, 1.807) is 17.7 Å². The highest BCUT2D eigenvalue weighted by Crippen LogP contribution is 2.17. The van der Waals surface area contributed by atoms with E-state index in [-0.39, 0.29) is 0 Å². The molecule has 6 heteroatoms. The van der Waals surface area contributed by atoms with Gasteiger partial charge in [0.2, 0.25) is 5.13 Å². The lowest BCUT2D eigenvalue weighted by Crippen LogP contribution is -2.04. The number of imidazole rings is 1. The molecule has 0 saturated carbocycles. The lowest BCUT2D eigenvalue weighted by atomic mass is 10.4. The van der Waals surface area contributed by atoms with Gasteiger partial charge in [-0.2, -0.15) is 0 Å². The summed E-state index contributed by atoms with van der Waals surface area (Å²) in [5.74, 6) is 0. The molecule has 1 N–H and O–H groups in total. The van der Waals surface area contributed by atoms with Crippen LogP contribution in [0.4, 0.5) is 0 Å². The van der Waals surface area contributed by atoms with E-state index in [1.165, 1.54) is 0 Å². The van der Waals surface area contributed by atoms with Crippen molar-refractivity contribution in [2.45, 2.75) is 20.4 Å². The summed E-state index contributed by atoms with van der Waals surface area (Å²) in [5.41, 5.74) is 2.14. The van der Waals surface area contributed by atoms with Gasteiger partial charge in [0.15, 0.2) is 0 Å². The third kappa shape index (κ3) is 1.91. The van der Waals surface area contributed by atoms with Crippen molar-refractivity contribution in [1.29, 1.82) is 0 Å². The second-order valence-corrected chi connectivity index (χ2v) is 4.33. The summed E-state index contributed by atoms with van der Waals surface area (Å²) in [6, 6.07) is 0. The smallest absolute Gasteiger partial charge is 0.217 e. The number of nitrogens with zero attached hydrogens (tertiary/aromatic N) is 4. The maximum Gasteiger partial charge on any atom is 0.217 e. The molecule has 0 radical (unpaired) electrons. The minimum atomic E-state index is 0.754. The Balaban J connectivity index is 2.33. The molecule has 0 aromatic carbocycles. The molecule has 2 heterocycles. The zero-order chi connectivity index (χ0) is 10.8. The Kier molecular flexibility index (Phi) is 2.79. The first-order chi connectivity index (χ1) is 7.22. The van der Waals surface area contributed by atoms with Gasteiger partial charge in [-0.05, 0) is 20.9 Å². The third-order valence-corrected chi connectivity index (χ3v) is 3.16. The molecule has 2 aromatic rings. The maximum absolute atomic E-state index is 4.23. The van der Waals surface area contributed by atoms with Crippen molar-refractivity contribution >= 4 is 11.3 Å². The molecular formula is C9H13N5S. The quantitative estimate of drug-likeness (QED) is 0.845. The van der Waals surface area contributed by atoms with Crippen LogP contribution in [-0.4, -0.2) is 26.8 Å². The van der Waals surface area contributed by atoms with Gasteiger partial charge in [0.05, 0.1) is 5.69 Å². The molecule has 0 bridgehead atoms. The van der Waals surface area contributed by atoms with Crippen LogP contribution < -0.4 is 5.32 Å². The van der Waals surface area contributed by atoms with Gasteiger partial charge < -0.3 is 5.32 Å². The van der Waals surface area contributed by atoms with Gasteiger partial charge in [-0.3, -0.25) is 4.57 Å². The molecule has 80 valence electrons. The van der Waals surface area contributed by atoms with Gasteiger partial charge in [-0.15, -0.1) is 10.2 Å². The summed E-state index contributed by atoms with van der Waals surface area (Å²) in [5, 5.41) is 13.1. The first-order valence-corrected chi connectivity index (χ1v) is 5.52. The highest BCUT2D eigenvalue weighted by molar-refractivity contribution is 7.13. The Labute approximate surface area is 92.2 Å². The number of aromatic nitrogens is 4. The average molecular weight is 223 g/mol. The Hall–Kier alpha value is -1.27. The topological polar surface area (TPSA) is 55.6 Å². The standard InChI is InChI=1S/C9H13N5S/c1-6-7(2)14(5-11-6)9-13-12-8(15-9)4-10-3/h5,10H,4H2,1-3H3. The van der Waals surface area contributed by atoms with E-state index in [9.17, 15) is 0 Å². The number of aryl methyl sites for hydroxylation is 1. The van der Waals surface area contributed by atoms with E-state index in [2.05, 4.69) is 20.5 Å². The average Bonchev–Trinajstić information content (AvgIpc) is 2.77. The van der Waals surface area contributed by atoms with Crippen LogP contribution in [0.5, 0.6) is 0 Å². The van der Waals surface area contributed by atoms with Crippen LogP contribution in [0.1, 0.15) is 16.4 Å². The van der Waals surface area contributed by atoms with Crippen LogP contribution in [0, 0.1) is 13.8 Å². The highest BCUT2D eigenvalue weighted by atomic mass is 32.1. The Bertz CT molecular complexity index is 459. The zero-order valence-corrected chi connectivity index (χ0v) is 9.80. The molecular weight excluding hydrogens is 210 g/mol. The highest BCUT2D eigenvalue weighted by Gasteiger charge is 2.09. The van der Waals surface area contributed by atoms with Gasteiger partial charge in [-0.1, -0.05) is 11.3 Å². The van der Waals surface area contributed by atoms with Gasteiger partial charge in [-0.25, -0.2) is 4.98 Å². The summed E-state index contributed by atoms with van der Waals surface area (Å²) >= 11 is 1.58. The van der Waals surface area contributed by atoms with Gasteiger partial charge >= 0.3 is 0 Å². The molecule has 15 heavy (non-hydrogen) atoms. The van der Waals surface area contributed by atoms with E-state index >= 15 is 0 Å². The van der Waals surface area contributed by atoms with E-state index in [0.717, 1.165) is 28.1 Å². The molecule has 2 aromatic heterocycles. The van der Waals surface area contributed by atoms with Crippen LogP contribution in [0.3, 0.4) is 0 Å². The molecule has 2 rings (SSSR count). The number of hydrogen-bond acceptors (Lipinski definition) is 5. The van der Waals surface area contributed by atoms with Crippen LogP contribution in [0.15, 0.2) is 6.33 Å². The van der Waals surface area contributed by atoms with Crippen molar-refractivity contribution in [3.05, 3.63) is 22.7 Å². The maximum atomic E-state index is 4.23. The summed E-state index contributed by atoms with van der Waals surface area (Å²) < 4.78 is 1.96. The van der Waals surface area contributed by atoms with E-state index in [1.807, 2.05) is 25.5 Å². The number of rotatable bonds is 3. The fraction of sp³-hybridized carbons (Fsp3) is 0.444. The summed E-state index contributed by atoms with van der Waals surface area (Å²) in [6.07, 6.45) is 1.79. The summed E-state index contributed by atoms with van der Waals surface area (Å²) in [4.78, 5) is 4.23. The van der Waals surface area contributed by atoms with Crippen molar-refractivity contribution in [2.24, 2.45) is 0 Å². The zero-order valence-electron chi connectivity index (χ0n) is 8.98. The van der Waals surface area contributed by atoms with Crippen molar-refractivity contribution in [1.82, 2.24) is 25.1 Å². The Morgan fingerprint density at radius 3 is 2.80 bits per heavy atom. The van der Waals surface area contributed by atoms with Crippen LogP contribution in [-0.2, 0) is 6.54 Å². The minimum Gasteiger partial charge on any atom is -0.313 e. The molecule has 0 atom stereocenters. The molecule has 0 aliphatic carbocycles. The van der Waals surface area contributed by atoms with Crippen LogP contribution in [0.25, 0.3) is 5.13 Å². The molecule has 0 aliphatic heterocycles. The van der Waals surface area contributed by atoms with Crippen molar-refractivity contribution in [2.75, 3.05) is 7.05 Å². The Morgan fingerprint density at radius 1 is 1.40 bits per heavy atom.